The minimum Gasteiger partial charge on any atom is -0.508 e. The van der Waals surface area contributed by atoms with Gasteiger partial charge in [-0.15, -0.1) is 0 Å². The topological polar surface area (TPSA) is 49.3 Å². The van der Waals surface area contributed by atoms with Crippen LogP contribution in [-0.2, 0) is 0 Å². The lowest BCUT2D eigenvalue weighted by atomic mass is 10.1. The molecule has 0 fully saturated rings. The maximum Gasteiger partial charge on any atom is 0.251 e. The van der Waals surface area contributed by atoms with E-state index in [9.17, 15) is 9.90 Å². The predicted octanol–water partition coefficient (Wildman–Crippen LogP) is 3.65. The van der Waals surface area contributed by atoms with E-state index in [1.807, 2.05) is 31.2 Å². The monoisotopic (exact) mass is 319 g/mol. The molecule has 2 aromatic rings. The van der Waals surface area contributed by atoms with Crippen LogP contribution >= 0.6 is 15.9 Å². The van der Waals surface area contributed by atoms with Crippen molar-refractivity contribution in [1.29, 1.82) is 0 Å². The summed E-state index contributed by atoms with van der Waals surface area (Å²) in [5.41, 5.74) is 1.56. The molecule has 0 bridgehead atoms. The Balaban J connectivity index is 2.08. The molecule has 0 saturated carbocycles. The van der Waals surface area contributed by atoms with Gasteiger partial charge in [0.15, 0.2) is 0 Å². The van der Waals surface area contributed by atoms with Gasteiger partial charge in [-0.1, -0.05) is 28.1 Å². The SMILES string of the molecule is CC(NC(=O)c1ccc(O)cc1)c1cccc(Br)c1. The lowest BCUT2D eigenvalue weighted by Gasteiger charge is -2.14. The highest BCUT2D eigenvalue weighted by atomic mass is 79.9. The van der Waals surface area contributed by atoms with Crippen molar-refractivity contribution in [2.45, 2.75) is 13.0 Å². The number of hydrogen-bond donors (Lipinski definition) is 2. The molecule has 0 heterocycles. The molecule has 2 N–H and O–H groups in total. The number of rotatable bonds is 3. The number of nitrogens with one attached hydrogen (secondary N) is 1. The van der Waals surface area contributed by atoms with E-state index < -0.39 is 0 Å². The second-order valence-electron chi connectivity index (χ2n) is 4.30. The molecule has 3 nitrogen and oxygen atoms in total. The highest BCUT2D eigenvalue weighted by Crippen LogP contribution is 2.18. The summed E-state index contributed by atoms with van der Waals surface area (Å²) in [5.74, 6) is -0.0101. The number of benzene rings is 2. The molecule has 0 aromatic heterocycles. The van der Waals surface area contributed by atoms with Crippen molar-refractivity contribution in [1.82, 2.24) is 5.32 Å². The molecule has 0 saturated heterocycles. The fraction of sp³-hybridized carbons (Fsp3) is 0.133. The van der Waals surface area contributed by atoms with E-state index in [0.29, 0.717) is 5.56 Å². The van der Waals surface area contributed by atoms with Crippen LogP contribution in [0.25, 0.3) is 0 Å². The second-order valence-corrected chi connectivity index (χ2v) is 5.21. The van der Waals surface area contributed by atoms with E-state index in [1.165, 1.54) is 12.1 Å². The van der Waals surface area contributed by atoms with Gasteiger partial charge in [-0.25, -0.2) is 0 Å². The van der Waals surface area contributed by atoms with Gasteiger partial charge < -0.3 is 10.4 Å². The molecular weight excluding hydrogens is 306 g/mol. The quantitative estimate of drug-likeness (QED) is 0.907. The number of phenolic OH excluding ortho intramolecular Hbond substituents is 1. The molecule has 4 heteroatoms. The number of halogens is 1. The first-order valence-electron chi connectivity index (χ1n) is 5.91. The predicted molar refractivity (Wildman–Crippen MR) is 78.1 cm³/mol. The van der Waals surface area contributed by atoms with E-state index in [4.69, 9.17) is 0 Å². The first-order chi connectivity index (χ1) is 9.06. The summed E-state index contributed by atoms with van der Waals surface area (Å²) in [6, 6.07) is 13.9. The molecule has 98 valence electrons. The number of hydrogen-bond acceptors (Lipinski definition) is 2. The zero-order valence-electron chi connectivity index (χ0n) is 10.4. The largest absolute Gasteiger partial charge is 0.508 e. The first-order valence-corrected chi connectivity index (χ1v) is 6.71. The zero-order valence-corrected chi connectivity index (χ0v) is 12.0. The van der Waals surface area contributed by atoms with E-state index in [-0.39, 0.29) is 17.7 Å². The normalized spacial score (nSPS) is 11.9. The average Bonchev–Trinajstić information content (AvgIpc) is 2.39. The smallest absolute Gasteiger partial charge is 0.251 e. The Kier molecular flexibility index (Phi) is 4.22. The summed E-state index contributed by atoms with van der Waals surface area (Å²) >= 11 is 3.41. The summed E-state index contributed by atoms with van der Waals surface area (Å²) in [6.07, 6.45) is 0. The Bertz CT molecular complexity index is 581. The lowest BCUT2D eigenvalue weighted by molar-refractivity contribution is 0.0940. The van der Waals surface area contributed by atoms with Crippen molar-refractivity contribution in [2.24, 2.45) is 0 Å². The van der Waals surface area contributed by atoms with Crippen molar-refractivity contribution in [3.8, 4) is 5.75 Å². The van der Waals surface area contributed by atoms with Crippen molar-refractivity contribution < 1.29 is 9.90 Å². The molecule has 1 unspecified atom stereocenters. The van der Waals surface area contributed by atoms with Gasteiger partial charge in [0.2, 0.25) is 0 Å². The van der Waals surface area contributed by atoms with E-state index >= 15 is 0 Å². The standard InChI is InChI=1S/C15H14BrNO2/c1-10(12-3-2-4-13(16)9-12)17-15(19)11-5-7-14(18)8-6-11/h2-10,18H,1H3,(H,17,19). The van der Waals surface area contributed by atoms with Crippen LogP contribution in [0.4, 0.5) is 0 Å². The Labute approximate surface area is 120 Å². The van der Waals surface area contributed by atoms with Gasteiger partial charge in [-0.2, -0.15) is 0 Å². The van der Waals surface area contributed by atoms with Gasteiger partial charge in [-0.05, 0) is 48.9 Å². The Morgan fingerprint density at radius 1 is 1.21 bits per heavy atom. The Morgan fingerprint density at radius 3 is 2.53 bits per heavy atom. The summed E-state index contributed by atoms with van der Waals surface area (Å²) < 4.78 is 0.982. The van der Waals surface area contributed by atoms with Crippen LogP contribution in [0, 0.1) is 0 Å². The number of carbonyl (C=O) groups is 1. The number of carbonyl (C=O) groups excluding carboxylic acids is 1. The van der Waals surface area contributed by atoms with E-state index in [2.05, 4.69) is 21.2 Å². The van der Waals surface area contributed by atoms with Crippen LogP contribution in [0.1, 0.15) is 28.9 Å². The van der Waals surface area contributed by atoms with Crippen LogP contribution in [0.3, 0.4) is 0 Å². The molecule has 0 aliphatic carbocycles. The number of phenols is 1. The summed E-state index contributed by atoms with van der Waals surface area (Å²) in [6.45, 7) is 1.93. The van der Waals surface area contributed by atoms with Crippen LogP contribution in [-0.4, -0.2) is 11.0 Å². The lowest BCUT2D eigenvalue weighted by Crippen LogP contribution is -2.26. The van der Waals surface area contributed by atoms with Crippen LogP contribution in [0.2, 0.25) is 0 Å². The molecule has 0 aliphatic rings. The molecular formula is C15H14BrNO2. The minimum atomic E-state index is -0.160. The molecule has 1 atom stereocenters. The van der Waals surface area contributed by atoms with E-state index in [1.54, 1.807) is 12.1 Å². The Morgan fingerprint density at radius 2 is 1.89 bits per heavy atom. The fourth-order valence-electron chi connectivity index (χ4n) is 1.75. The summed E-state index contributed by atoms with van der Waals surface area (Å²) in [5, 5.41) is 12.1. The first kappa shape index (κ1) is 13.6. The molecule has 0 aliphatic heterocycles. The number of amides is 1. The second kappa shape index (κ2) is 5.89. The van der Waals surface area contributed by atoms with Crippen LogP contribution < -0.4 is 5.32 Å². The molecule has 0 spiro atoms. The van der Waals surface area contributed by atoms with Gasteiger partial charge in [0.25, 0.3) is 5.91 Å². The van der Waals surface area contributed by atoms with Crippen molar-refractivity contribution >= 4 is 21.8 Å². The summed E-state index contributed by atoms with van der Waals surface area (Å²) in [4.78, 5) is 12.0. The van der Waals surface area contributed by atoms with Gasteiger partial charge in [0, 0.05) is 10.0 Å². The molecule has 2 rings (SSSR count). The van der Waals surface area contributed by atoms with Gasteiger partial charge >= 0.3 is 0 Å². The van der Waals surface area contributed by atoms with Crippen molar-refractivity contribution in [3.63, 3.8) is 0 Å². The third kappa shape index (κ3) is 3.58. The van der Waals surface area contributed by atoms with Crippen molar-refractivity contribution in [2.75, 3.05) is 0 Å². The maximum absolute atomic E-state index is 12.0. The van der Waals surface area contributed by atoms with E-state index in [0.717, 1.165) is 10.0 Å². The fourth-order valence-corrected chi connectivity index (χ4v) is 2.17. The van der Waals surface area contributed by atoms with Gasteiger partial charge in [0.05, 0.1) is 6.04 Å². The highest BCUT2D eigenvalue weighted by molar-refractivity contribution is 9.10. The van der Waals surface area contributed by atoms with Gasteiger partial charge in [-0.3, -0.25) is 4.79 Å². The van der Waals surface area contributed by atoms with Crippen LogP contribution in [0.5, 0.6) is 5.75 Å². The third-order valence-electron chi connectivity index (χ3n) is 2.83. The molecule has 1 amide bonds. The minimum absolute atomic E-state index is 0.0844. The zero-order chi connectivity index (χ0) is 13.8. The molecule has 19 heavy (non-hydrogen) atoms. The summed E-state index contributed by atoms with van der Waals surface area (Å²) in [7, 11) is 0. The van der Waals surface area contributed by atoms with Gasteiger partial charge in [0.1, 0.15) is 5.75 Å². The van der Waals surface area contributed by atoms with Crippen LogP contribution in [0.15, 0.2) is 53.0 Å². The highest BCUT2D eigenvalue weighted by Gasteiger charge is 2.11. The average molecular weight is 320 g/mol. The maximum atomic E-state index is 12.0. The molecule has 2 aromatic carbocycles. The Hall–Kier alpha value is -1.81. The third-order valence-corrected chi connectivity index (χ3v) is 3.32. The number of aromatic hydroxyl groups is 1. The van der Waals surface area contributed by atoms with Crippen molar-refractivity contribution in [3.05, 3.63) is 64.1 Å². The molecule has 0 radical (unpaired) electrons.